The first-order valence-electron chi connectivity index (χ1n) is 5.24. The molecule has 1 aliphatic heterocycles. The standard InChI is InChI=1S/C11H16FN3/c1-8-11(9(2)14-13-8)7-15-5-3-4-10(12)6-15/h4H,3,5-7H2,1-2H3,(H,13,14). The molecule has 15 heavy (non-hydrogen) atoms. The first-order valence-corrected chi connectivity index (χ1v) is 5.24. The van der Waals surface area contributed by atoms with E-state index in [2.05, 4.69) is 15.1 Å². The Kier molecular flexibility index (Phi) is 2.86. The summed E-state index contributed by atoms with van der Waals surface area (Å²) in [5, 5.41) is 7.09. The second-order valence-electron chi connectivity index (χ2n) is 4.06. The number of aryl methyl sites for hydroxylation is 2. The Bertz CT molecular complexity index is 362. The number of aromatic amines is 1. The fraction of sp³-hybridized carbons (Fsp3) is 0.545. The predicted octanol–water partition coefficient (Wildman–Crippen LogP) is 2.09. The SMILES string of the molecule is Cc1n[nH]c(C)c1CN1CCC=C(F)C1. The van der Waals surface area contributed by atoms with Crippen LogP contribution in [0.1, 0.15) is 23.4 Å². The number of halogens is 1. The normalized spacial score (nSPS) is 17.9. The molecule has 0 atom stereocenters. The van der Waals surface area contributed by atoms with Gasteiger partial charge in [-0.25, -0.2) is 4.39 Å². The van der Waals surface area contributed by atoms with Crippen LogP contribution >= 0.6 is 0 Å². The summed E-state index contributed by atoms with van der Waals surface area (Å²) in [4.78, 5) is 2.11. The molecule has 0 fully saturated rings. The number of nitrogens with zero attached hydrogens (tertiary/aromatic N) is 2. The minimum atomic E-state index is -0.0138. The second-order valence-corrected chi connectivity index (χ2v) is 4.06. The monoisotopic (exact) mass is 209 g/mol. The number of hydrogen-bond donors (Lipinski definition) is 1. The quantitative estimate of drug-likeness (QED) is 0.808. The average Bonchev–Trinajstić information content (AvgIpc) is 2.50. The van der Waals surface area contributed by atoms with Gasteiger partial charge in [-0.3, -0.25) is 10.00 Å². The van der Waals surface area contributed by atoms with E-state index in [1.165, 1.54) is 5.56 Å². The van der Waals surface area contributed by atoms with Crippen molar-refractivity contribution in [3.63, 3.8) is 0 Å². The van der Waals surface area contributed by atoms with Crippen molar-refractivity contribution in [2.24, 2.45) is 0 Å². The van der Waals surface area contributed by atoms with Gasteiger partial charge in [-0.05, 0) is 20.3 Å². The van der Waals surface area contributed by atoms with Crippen molar-refractivity contribution in [2.75, 3.05) is 13.1 Å². The molecule has 1 N–H and O–H groups in total. The Morgan fingerprint density at radius 1 is 1.53 bits per heavy atom. The minimum Gasteiger partial charge on any atom is -0.292 e. The Morgan fingerprint density at radius 3 is 2.93 bits per heavy atom. The van der Waals surface area contributed by atoms with Gasteiger partial charge in [0.15, 0.2) is 0 Å². The average molecular weight is 209 g/mol. The molecule has 0 aliphatic carbocycles. The zero-order chi connectivity index (χ0) is 10.8. The zero-order valence-electron chi connectivity index (χ0n) is 9.18. The molecule has 0 saturated carbocycles. The van der Waals surface area contributed by atoms with Crippen LogP contribution in [0.2, 0.25) is 0 Å². The number of hydrogen-bond acceptors (Lipinski definition) is 2. The van der Waals surface area contributed by atoms with Crippen LogP contribution in [0.15, 0.2) is 11.9 Å². The maximum atomic E-state index is 13.1. The topological polar surface area (TPSA) is 31.9 Å². The van der Waals surface area contributed by atoms with E-state index >= 15 is 0 Å². The molecule has 2 heterocycles. The maximum absolute atomic E-state index is 13.1. The van der Waals surface area contributed by atoms with Crippen molar-refractivity contribution in [1.82, 2.24) is 15.1 Å². The molecule has 82 valence electrons. The Balaban J connectivity index is 2.06. The van der Waals surface area contributed by atoms with E-state index in [0.29, 0.717) is 6.54 Å². The molecule has 0 amide bonds. The van der Waals surface area contributed by atoms with E-state index in [-0.39, 0.29) is 5.83 Å². The molecule has 1 aliphatic rings. The summed E-state index contributed by atoms with van der Waals surface area (Å²) >= 11 is 0. The molecular weight excluding hydrogens is 193 g/mol. The maximum Gasteiger partial charge on any atom is 0.110 e. The molecule has 0 aromatic carbocycles. The lowest BCUT2D eigenvalue weighted by molar-refractivity contribution is 0.258. The van der Waals surface area contributed by atoms with Crippen LogP contribution in [0, 0.1) is 13.8 Å². The van der Waals surface area contributed by atoms with Crippen LogP contribution in [0.5, 0.6) is 0 Å². The van der Waals surface area contributed by atoms with Crippen molar-refractivity contribution < 1.29 is 4.39 Å². The van der Waals surface area contributed by atoms with Crippen LogP contribution in [0.4, 0.5) is 4.39 Å². The summed E-state index contributed by atoms with van der Waals surface area (Å²) in [5.74, 6) is -0.0138. The van der Waals surface area contributed by atoms with Crippen LogP contribution in [0.25, 0.3) is 0 Å². The Labute approximate surface area is 89.0 Å². The third-order valence-electron chi connectivity index (χ3n) is 2.85. The highest BCUT2D eigenvalue weighted by atomic mass is 19.1. The predicted molar refractivity (Wildman–Crippen MR) is 57.1 cm³/mol. The van der Waals surface area contributed by atoms with Crippen molar-refractivity contribution in [1.29, 1.82) is 0 Å². The summed E-state index contributed by atoms with van der Waals surface area (Å²) in [7, 11) is 0. The Morgan fingerprint density at radius 2 is 2.33 bits per heavy atom. The molecule has 4 heteroatoms. The third kappa shape index (κ3) is 2.26. The summed E-state index contributed by atoms with van der Waals surface area (Å²) in [6, 6.07) is 0. The second kappa shape index (κ2) is 4.14. The molecule has 2 rings (SSSR count). The van der Waals surface area contributed by atoms with Crippen molar-refractivity contribution in [2.45, 2.75) is 26.8 Å². The van der Waals surface area contributed by atoms with Gasteiger partial charge in [0.05, 0.1) is 12.2 Å². The van der Waals surface area contributed by atoms with Gasteiger partial charge < -0.3 is 0 Å². The van der Waals surface area contributed by atoms with Crippen molar-refractivity contribution in [3.8, 4) is 0 Å². The molecule has 0 bridgehead atoms. The summed E-state index contributed by atoms with van der Waals surface area (Å²) in [6.45, 7) is 6.14. The molecule has 1 aromatic heterocycles. The van der Waals surface area contributed by atoms with Gasteiger partial charge in [-0.15, -0.1) is 0 Å². The lowest BCUT2D eigenvalue weighted by Crippen LogP contribution is -2.28. The first kappa shape index (κ1) is 10.4. The molecule has 3 nitrogen and oxygen atoms in total. The van der Waals surface area contributed by atoms with Gasteiger partial charge in [-0.1, -0.05) is 6.08 Å². The fourth-order valence-electron chi connectivity index (χ4n) is 1.93. The van der Waals surface area contributed by atoms with Crippen molar-refractivity contribution >= 4 is 0 Å². The molecule has 1 aromatic rings. The summed E-state index contributed by atoms with van der Waals surface area (Å²) in [6.07, 6.45) is 2.48. The van der Waals surface area contributed by atoms with Gasteiger partial charge in [0.1, 0.15) is 5.83 Å². The Hall–Kier alpha value is -1.16. The molecule has 0 saturated heterocycles. The zero-order valence-corrected chi connectivity index (χ0v) is 9.18. The van der Waals surface area contributed by atoms with Gasteiger partial charge in [-0.2, -0.15) is 5.10 Å². The molecule has 0 unspecified atom stereocenters. The van der Waals surface area contributed by atoms with Gasteiger partial charge >= 0.3 is 0 Å². The molecule has 0 spiro atoms. The van der Waals surface area contributed by atoms with Gasteiger partial charge in [0.25, 0.3) is 0 Å². The number of rotatable bonds is 2. The highest BCUT2D eigenvalue weighted by Crippen LogP contribution is 2.17. The fourth-order valence-corrected chi connectivity index (χ4v) is 1.93. The third-order valence-corrected chi connectivity index (χ3v) is 2.85. The number of aromatic nitrogens is 2. The van der Waals surface area contributed by atoms with E-state index in [4.69, 9.17) is 0 Å². The van der Waals surface area contributed by atoms with Crippen LogP contribution in [-0.2, 0) is 6.54 Å². The highest BCUT2D eigenvalue weighted by molar-refractivity contribution is 5.23. The van der Waals surface area contributed by atoms with E-state index < -0.39 is 0 Å². The highest BCUT2D eigenvalue weighted by Gasteiger charge is 2.15. The van der Waals surface area contributed by atoms with E-state index in [1.54, 1.807) is 6.08 Å². The minimum absolute atomic E-state index is 0.0138. The van der Waals surface area contributed by atoms with E-state index in [1.807, 2.05) is 13.8 Å². The van der Waals surface area contributed by atoms with E-state index in [9.17, 15) is 4.39 Å². The summed E-state index contributed by atoms with van der Waals surface area (Å²) < 4.78 is 13.1. The molecule has 0 radical (unpaired) electrons. The van der Waals surface area contributed by atoms with Crippen molar-refractivity contribution in [3.05, 3.63) is 28.9 Å². The van der Waals surface area contributed by atoms with Gasteiger partial charge in [0, 0.05) is 24.3 Å². The van der Waals surface area contributed by atoms with Gasteiger partial charge in [0.2, 0.25) is 0 Å². The first-order chi connectivity index (χ1) is 7.16. The van der Waals surface area contributed by atoms with Crippen LogP contribution in [0.3, 0.4) is 0 Å². The van der Waals surface area contributed by atoms with Crippen LogP contribution < -0.4 is 0 Å². The smallest absolute Gasteiger partial charge is 0.110 e. The van der Waals surface area contributed by atoms with Crippen LogP contribution in [-0.4, -0.2) is 28.2 Å². The van der Waals surface area contributed by atoms with E-state index in [0.717, 1.165) is 30.9 Å². The lowest BCUT2D eigenvalue weighted by atomic mass is 10.1. The largest absolute Gasteiger partial charge is 0.292 e. The number of H-pyrrole nitrogens is 1. The lowest BCUT2D eigenvalue weighted by Gasteiger charge is -2.24. The summed E-state index contributed by atoms with van der Waals surface area (Å²) in [5.41, 5.74) is 3.30. The number of nitrogens with one attached hydrogen (secondary N) is 1. The molecular formula is C11H16FN3.